The molecule has 1 fully saturated rings. The van der Waals surface area contributed by atoms with Gasteiger partial charge in [0.25, 0.3) is 0 Å². The molecule has 0 radical (unpaired) electrons. The number of hydrogen-bond acceptors (Lipinski definition) is 2. The van der Waals surface area contributed by atoms with Gasteiger partial charge in [-0.25, -0.2) is 0 Å². The van der Waals surface area contributed by atoms with Gasteiger partial charge < -0.3 is 5.32 Å². The third kappa shape index (κ3) is 3.72. The molecular formula is C13H18BrNS. The second-order valence-corrected chi connectivity index (χ2v) is 6.98. The lowest BCUT2D eigenvalue weighted by Crippen LogP contribution is -2.33. The van der Waals surface area contributed by atoms with Crippen LogP contribution in [-0.4, -0.2) is 12.6 Å². The van der Waals surface area contributed by atoms with Crippen molar-refractivity contribution in [3.8, 4) is 0 Å². The van der Waals surface area contributed by atoms with Crippen LogP contribution in [0.2, 0.25) is 0 Å². The fourth-order valence-electron chi connectivity index (χ4n) is 2.19. The molecule has 16 heavy (non-hydrogen) atoms. The van der Waals surface area contributed by atoms with Gasteiger partial charge in [0.1, 0.15) is 0 Å². The maximum atomic E-state index is 3.59. The van der Waals surface area contributed by atoms with Crippen LogP contribution in [0.1, 0.15) is 37.5 Å². The Hall–Kier alpha value is -0.120. The van der Waals surface area contributed by atoms with Crippen LogP contribution in [0.3, 0.4) is 0 Å². The molecule has 2 rings (SSSR count). The molecule has 1 aromatic rings. The lowest BCUT2D eigenvalue weighted by atomic mass is 9.98. The Balaban J connectivity index is 1.91. The molecule has 2 heterocycles. The standard InChI is InChI=1S/C13H18BrNS/c1-10(8-11-4-2-3-7-15-11)9-12-5-6-13(14)16-12/h5-6,9,11,15H,2-4,7-8H2,1H3/b10-9-. The SMILES string of the molecule is C/C(=C/c1ccc(Br)s1)CC1CCCCN1. The molecule has 0 aromatic carbocycles. The highest BCUT2D eigenvalue weighted by Crippen LogP contribution is 2.25. The van der Waals surface area contributed by atoms with E-state index in [9.17, 15) is 0 Å². The number of hydrogen-bond donors (Lipinski definition) is 1. The molecule has 1 nitrogen and oxygen atoms in total. The van der Waals surface area contributed by atoms with Crippen molar-refractivity contribution in [2.75, 3.05) is 6.54 Å². The van der Waals surface area contributed by atoms with Crippen LogP contribution in [0.25, 0.3) is 6.08 Å². The largest absolute Gasteiger partial charge is 0.314 e. The van der Waals surface area contributed by atoms with Crippen LogP contribution in [0.15, 0.2) is 21.5 Å². The normalized spacial score (nSPS) is 22.4. The summed E-state index contributed by atoms with van der Waals surface area (Å²) >= 11 is 5.30. The Morgan fingerprint density at radius 2 is 2.44 bits per heavy atom. The number of piperidine rings is 1. The molecule has 0 spiro atoms. The summed E-state index contributed by atoms with van der Waals surface area (Å²) in [6.45, 7) is 3.44. The maximum absolute atomic E-state index is 3.59. The minimum atomic E-state index is 0.702. The average molecular weight is 300 g/mol. The molecule has 0 saturated carbocycles. The van der Waals surface area contributed by atoms with E-state index in [1.165, 1.54) is 46.5 Å². The van der Waals surface area contributed by atoms with Gasteiger partial charge in [0.15, 0.2) is 0 Å². The van der Waals surface area contributed by atoms with Crippen molar-refractivity contribution in [3.05, 3.63) is 26.4 Å². The topological polar surface area (TPSA) is 12.0 Å². The van der Waals surface area contributed by atoms with E-state index in [2.05, 4.69) is 46.4 Å². The molecule has 1 N–H and O–H groups in total. The predicted molar refractivity (Wildman–Crippen MR) is 75.9 cm³/mol. The van der Waals surface area contributed by atoms with Gasteiger partial charge in [-0.1, -0.05) is 12.0 Å². The number of halogens is 1. The van der Waals surface area contributed by atoms with Crippen molar-refractivity contribution in [1.29, 1.82) is 0 Å². The van der Waals surface area contributed by atoms with E-state index in [-0.39, 0.29) is 0 Å². The van der Waals surface area contributed by atoms with Gasteiger partial charge in [-0.05, 0) is 66.9 Å². The Morgan fingerprint density at radius 3 is 3.06 bits per heavy atom. The lowest BCUT2D eigenvalue weighted by molar-refractivity contribution is 0.399. The Kier molecular flexibility index (Phi) is 4.62. The summed E-state index contributed by atoms with van der Waals surface area (Å²) in [4.78, 5) is 1.35. The third-order valence-corrected chi connectivity index (χ3v) is 4.53. The van der Waals surface area contributed by atoms with Crippen LogP contribution >= 0.6 is 27.3 Å². The predicted octanol–water partition coefficient (Wildman–Crippen LogP) is 4.45. The van der Waals surface area contributed by atoms with Gasteiger partial charge in [-0.3, -0.25) is 0 Å². The average Bonchev–Trinajstić information content (AvgIpc) is 2.65. The molecule has 3 heteroatoms. The molecule has 1 saturated heterocycles. The molecule has 1 aliphatic rings. The Bertz CT molecular complexity index is 364. The van der Waals surface area contributed by atoms with Crippen molar-refractivity contribution in [3.63, 3.8) is 0 Å². The molecule has 1 atom stereocenters. The lowest BCUT2D eigenvalue weighted by Gasteiger charge is -2.23. The maximum Gasteiger partial charge on any atom is 0.0704 e. The monoisotopic (exact) mass is 299 g/mol. The first-order valence-corrected chi connectivity index (χ1v) is 7.51. The van der Waals surface area contributed by atoms with E-state index in [0.29, 0.717) is 6.04 Å². The van der Waals surface area contributed by atoms with Crippen LogP contribution in [0.4, 0.5) is 0 Å². The van der Waals surface area contributed by atoms with Crippen LogP contribution in [-0.2, 0) is 0 Å². The van der Waals surface area contributed by atoms with Crippen molar-refractivity contribution in [2.45, 2.75) is 38.6 Å². The summed E-state index contributed by atoms with van der Waals surface area (Å²) in [5, 5.41) is 3.59. The van der Waals surface area contributed by atoms with E-state index >= 15 is 0 Å². The fraction of sp³-hybridized carbons (Fsp3) is 0.538. The first kappa shape index (κ1) is 12.3. The number of nitrogens with one attached hydrogen (secondary N) is 1. The minimum absolute atomic E-state index is 0.702. The Labute approximate surface area is 110 Å². The molecular weight excluding hydrogens is 282 g/mol. The van der Waals surface area contributed by atoms with Gasteiger partial charge >= 0.3 is 0 Å². The minimum Gasteiger partial charge on any atom is -0.314 e. The third-order valence-electron chi connectivity index (χ3n) is 2.96. The van der Waals surface area contributed by atoms with Gasteiger partial charge in [-0.2, -0.15) is 0 Å². The van der Waals surface area contributed by atoms with E-state index in [4.69, 9.17) is 0 Å². The second kappa shape index (κ2) is 5.99. The molecule has 1 aliphatic heterocycles. The van der Waals surface area contributed by atoms with E-state index in [1.54, 1.807) is 11.3 Å². The zero-order valence-electron chi connectivity index (χ0n) is 9.63. The first-order chi connectivity index (χ1) is 7.74. The van der Waals surface area contributed by atoms with Crippen molar-refractivity contribution < 1.29 is 0 Å². The molecule has 1 aromatic heterocycles. The molecule has 0 bridgehead atoms. The fourth-order valence-corrected chi connectivity index (χ4v) is 3.64. The quantitative estimate of drug-likeness (QED) is 0.870. The second-order valence-electron chi connectivity index (χ2n) is 4.48. The highest BCUT2D eigenvalue weighted by atomic mass is 79.9. The van der Waals surface area contributed by atoms with Crippen molar-refractivity contribution >= 4 is 33.3 Å². The molecule has 0 amide bonds. The number of thiophene rings is 1. The summed E-state index contributed by atoms with van der Waals surface area (Å²) in [6, 6.07) is 4.99. The van der Waals surface area contributed by atoms with E-state index < -0.39 is 0 Å². The summed E-state index contributed by atoms with van der Waals surface area (Å²) in [7, 11) is 0. The summed E-state index contributed by atoms with van der Waals surface area (Å²) in [5.74, 6) is 0. The zero-order valence-corrected chi connectivity index (χ0v) is 12.0. The Morgan fingerprint density at radius 1 is 1.56 bits per heavy atom. The van der Waals surface area contributed by atoms with Gasteiger partial charge in [0, 0.05) is 10.9 Å². The molecule has 0 aliphatic carbocycles. The van der Waals surface area contributed by atoms with Crippen molar-refractivity contribution in [2.24, 2.45) is 0 Å². The van der Waals surface area contributed by atoms with Crippen LogP contribution < -0.4 is 5.32 Å². The van der Waals surface area contributed by atoms with Gasteiger partial charge in [0.05, 0.1) is 3.79 Å². The van der Waals surface area contributed by atoms with E-state index in [1.807, 2.05) is 0 Å². The number of rotatable bonds is 3. The summed E-state index contributed by atoms with van der Waals surface area (Å²) in [5.41, 5.74) is 1.48. The first-order valence-electron chi connectivity index (χ1n) is 5.90. The zero-order chi connectivity index (χ0) is 11.4. The van der Waals surface area contributed by atoms with E-state index in [0.717, 1.165) is 0 Å². The summed E-state index contributed by atoms with van der Waals surface area (Å²) < 4.78 is 1.21. The van der Waals surface area contributed by atoms with Crippen molar-refractivity contribution in [1.82, 2.24) is 5.32 Å². The van der Waals surface area contributed by atoms with Crippen LogP contribution in [0.5, 0.6) is 0 Å². The molecule has 1 unspecified atom stereocenters. The summed E-state index contributed by atoms with van der Waals surface area (Å²) in [6.07, 6.45) is 7.56. The van der Waals surface area contributed by atoms with Gasteiger partial charge in [-0.15, -0.1) is 11.3 Å². The van der Waals surface area contributed by atoms with Gasteiger partial charge in [0.2, 0.25) is 0 Å². The highest BCUT2D eigenvalue weighted by Gasteiger charge is 2.12. The smallest absolute Gasteiger partial charge is 0.0704 e. The highest BCUT2D eigenvalue weighted by molar-refractivity contribution is 9.11. The molecule has 88 valence electrons. The van der Waals surface area contributed by atoms with Crippen LogP contribution in [0, 0.1) is 0 Å².